The molecule has 0 aromatic carbocycles. The molecule has 1 fully saturated rings. The van der Waals surface area contributed by atoms with Crippen molar-refractivity contribution in [3.63, 3.8) is 0 Å². The number of nitrogens with zero attached hydrogens (tertiary/aromatic N) is 2. The predicted octanol–water partition coefficient (Wildman–Crippen LogP) is 1.79. The van der Waals surface area contributed by atoms with Crippen LogP contribution >= 0.6 is 0 Å². The third-order valence-electron chi connectivity index (χ3n) is 4.22. The van der Waals surface area contributed by atoms with Gasteiger partial charge in [0.15, 0.2) is 0 Å². The number of carbonyl (C=O) groups is 2. The second kappa shape index (κ2) is 6.92. The normalized spacial score (nSPS) is 17.1. The highest BCUT2D eigenvalue weighted by atomic mass is 16.5. The van der Waals surface area contributed by atoms with Crippen molar-refractivity contribution in [2.75, 3.05) is 26.7 Å². The first-order valence-electron chi connectivity index (χ1n) is 7.14. The van der Waals surface area contributed by atoms with Crippen LogP contribution in [0.1, 0.15) is 40.0 Å². The van der Waals surface area contributed by atoms with Gasteiger partial charge >= 0.3 is 12.0 Å². The molecule has 0 atom stereocenters. The first kappa shape index (κ1) is 16.8. The number of urea groups is 1. The molecule has 0 bridgehead atoms. The van der Waals surface area contributed by atoms with Gasteiger partial charge in [-0.3, -0.25) is 0 Å². The summed E-state index contributed by atoms with van der Waals surface area (Å²) >= 11 is 0. The average Bonchev–Trinajstić information content (AvgIpc) is 2.44. The maximum Gasteiger partial charge on any atom is 0.329 e. The fraction of sp³-hybridized carbons (Fsp3) is 0.857. The standard InChI is InChI=1S/C14H26N2O4/c1-5-14(2,3)15(4)13(19)16-8-6-11(7-9-16)20-10-12(17)18/h11H,5-10H2,1-4H3,(H,17,18). The molecular formula is C14H26N2O4. The molecule has 1 heterocycles. The topological polar surface area (TPSA) is 70.1 Å². The molecule has 116 valence electrons. The molecule has 2 amide bonds. The smallest absolute Gasteiger partial charge is 0.329 e. The molecule has 1 rings (SSSR count). The summed E-state index contributed by atoms with van der Waals surface area (Å²) in [6.07, 6.45) is 2.23. The maximum absolute atomic E-state index is 12.4. The van der Waals surface area contributed by atoms with E-state index >= 15 is 0 Å². The fourth-order valence-electron chi connectivity index (χ4n) is 2.11. The summed E-state index contributed by atoms with van der Waals surface area (Å²) in [5, 5.41) is 8.58. The van der Waals surface area contributed by atoms with Crippen molar-refractivity contribution in [1.82, 2.24) is 9.80 Å². The Balaban J connectivity index is 2.45. The molecule has 6 nitrogen and oxygen atoms in total. The minimum atomic E-state index is -0.951. The van der Waals surface area contributed by atoms with Crippen molar-refractivity contribution < 1.29 is 19.4 Å². The van der Waals surface area contributed by atoms with E-state index in [0.29, 0.717) is 25.9 Å². The van der Waals surface area contributed by atoms with Gasteiger partial charge in [0.2, 0.25) is 0 Å². The zero-order chi connectivity index (χ0) is 15.3. The predicted molar refractivity (Wildman–Crippen MR) is 75.7 cm³/mol. The van der Waals surface area contributed by atoms with Gasteiger partial charge in [0.05, 0.1) is 6.10 Å². The highest BCUT2D eigenvalue weighted by Crippen LogP contribution is 2.21. The maximum atomic E-state index is 12.4. The minimum absolute atomic E-state index is 0.0357. The van der Waals surface area contributed by atoms with E-state index in [1.54, 1.807) is 4.90 Å². The van der Waals surface area contributed by atoms with Crippen molar-refractivity contribution in [2.45, 2.75) is 51.7 Å². The van der Waals surface area contributed by atoms with Crippen LogP contribution in [-0.4, -0.2) is 65.3 Å². The molecular weight excluding hydrogens is 260 g/mol. The molecule has 0 aromatic heterocycles. The summed E-state index contributed by atoms with van der Waals surface area (Å²) in [7, 11) is 1.83. The van der Waals surface area contributed by atoms with Crippen molar-refractivity contribution in [3.05, 3.63) is 0 Å². The number of carboxylic acids is 1. The van der Waals surface area contributed by atoms with Gasteiger partial charge < -0.3 is 19.6 Å². The molecule has 1 aliphatic heterocycles. The molecule has 1 N–H and O–H groups in total. The highest BCUT2D eigenvalue weighted by molar-refractivity contribution is 5.75. The lowest BCUT2D eigenvalue weighted by Crippen LogP contribution is -2.53. The molecule has 20 heavy (non-hydrogen) atoms. The minimum Gasteiger partial charge on any atom is -0.480 e. The Morgan fingerprint density at radius 3 is 2.35 bits per heavy atom. The second-order valence-corrected chi connectivity index (χ2v) is 5.90. The van der Waals surface area contributed by atoms with Crippen LogP contribution in [0.25, 0.3) is 0 Å². The molecule has 0 saturated carbocycles. The van der Waals surface area contributed by atoms with Crippen molar-refractivity contribution in [3.8, 4) is 0 Å². The number of piperidine rings is 1. The molecule has 0 aliphatic carbocycles. The number of likely N-dealkylation sites (tertiary alicyclic amines) is 1. The van der Waals surface area contributed by atoms with Crippen LogP contribution < -0.4 is 0 Å². The van der Waals surface area contributed by atoms with Crippen LogP contribution in [0.3, 0.4) is 0 Å². The van der Waals surface area contributed by atoms with Crippen molar-refractivity contribution in [2.24, 2.45) is 0 Å². The average molecular weight is 286 g/mol. The van der Waals surface area contributed by atoms with E-state index in [4.69, 9.17) is 9.84 Å². The van der Waals surface area contributed by atoms with Gasteiger partial charge in [0.1, 0.15) is 6.61 Å². The molecule has 6 heteroatoms. The van der Waals surface area contributed by atoms with Crippen molar-refractivity contribution >= 4 is 12.0 Å². The number of hydrogen-bond donors (Lipinski definition) is 1. The van der Waals surface area contributed by atoms with E-state index in [-0.39, 0.29) is 24.3 Å². The van der Waals surface area contributed by atoms with Crippen LogP contribution in [0, 0.1) is 0 Å². The molecule has 1 aliphatic rings. The molecule has 0 aromatic rings. The summed E-state index contributed by atoms with van der Waals surface area (Å²) in [5.74, 6) is -0.951. The summed E-state index contributed by atoms with van der Waals surface area (Å²) in [6.45, 7) is 7.14. The fourth-order valence-corrected chi connectivity index (χ4v) is 2.11. The van der Waals surface area contributed by atoms with Crippen LogP contribution in [-0.2, 0) is 9.53 Å². The Bertz CT molecular complexity index is 349. The Hall–Kier alpha value is -1.30. The molecule has 0 spiro atoms. The lowest BCUT2D eigenvalue weighted by atomic mass is 10.00. The summed E-state index contributed by atoms with van der Waals surface area (Å²) in [4.78, 5) is 26.4. The van der Waals surface area contributed by atoms with E-state index < -0.39 is 5.97 Å². The number of carbonyl (C=O) groups excluding carboxylic acids is 1. The van der Waals surface area contributed by atoms with Gasteiger partial charge in [-0.1, -0.05) is 6.92 Å². The molecule has 0 unspecified atom stereocenters. The Labute approximate surface area is 120 Å². The zero-order valence-electron chi connectivity index (χ0n) is 12.9. The number of aliphatic carboxylic acids is 1. The van der Waals surface area contributed by atoms with E-state index in [9.17, 15) is 9.59 Å². The van der Waals surface area contributed by atoms with Crippen LogP contribution in [0.2, 0.25) is 0 Å². The van der Waals surface area contributed by atoms with E-state index in [1.165, 1.54) is 0 Å². The summed E-state index contributed by atoms with van der Waals surface area (Å²) in [6, 6.07) is 0.0357. The lowest BCUT2D eigenvalue weighted by Gasteiger charge is -2.40. The summed E-state index contributed by atoms with van der Waals surface area (Å²) in [5.41, 5.74) is -0.159. The van der Waals surface area contributed by atoms with Gasteiger partial charge in [0.25, 0.3) is 0 Å². The monoisotopic (exact) mass is 286 g/mol. The third-order valence-corrected chi connectivity index (χ3v) is 4.22. The SMILES string of the molecule is CCC(C)(C)N(C)C(=O)N1CCC(OCC(=O)O)CC1. The largest absolute Gasteiger partial charge is 0.480 e. The highest BCUT2D eigenvalue weighted by Gasteiger charge is 2.31. The van der Waals surface area contributed by atoms with Gasteiger partial charge in [0, 0.05) is 25.7 Å². The Morgan fingerprint density at radius 2 is 1.90 bits per heavy atom. The van der Waals surface area contributed by atoms with E-state index in [0.717, 1.165) is 6.42 Å². The van der Waals surface area contributed by atoms with E-state index in [1.807, 2.05) is 25.8 Å². The van der Waals surface area contributed by atoms with Crippen LogP contribution in [0.15, 0.2) is 0 Å². The number of hydrogen-bond acceptors (Lipinski definition) is 3. The van der Waals surface area contributed by atoms with Gasteiger partial charge in [-0.25, -0.2) is 9.59 Å². The first-order valence-corrected chi connectivity index (χ1v) is 7.14. The molecule has 1 saturated heterocycles. The zero-order valence-corrected chi connectivity index (χ0v) is 12.9. The Morgan fingerprint density at radius 1 is 1.35 bits per heavy atom. The van der Waals surface area contributed by atoms with Gasteiger partial charge in [-0.15, -0.1) is 0 Å². The number of ether oxygens (including phenoxy) is 1. The quantitative estimate of drug-likeness (QED) is 0.836. The van der Waals surface area contributed by atoms with E-state index in [2.05, 4.69) is 6.92 Å². The lowest BCUT2D eigenvalue weighted by molar-refractivity contribution is -0.145. The van der Waals surface area contributed by atoms with Crippen LogP contribution in [0.4, 0.5) is 4.79 Å². The summed E-state index contributed by atoms with van der Waals surface area (Å²) < 4.78 is 5.27. The number of carboxylic acid groups (broad SMARTS) is 1. The van der Waals surface area contributed by atoms with Gasteiger partial charge in [-0.2, -0.15) is 0 Å². The molecule has 0 radical (unpaired) electrons. The van der Waals surface area contributed by atoms with Gasteiger partial charge in [-0.05, 0) is 33.1 Å². The Kier molecular flexibility index (Phi) is 5.80. The van der Waals surface area contributed by atoms with Crippen LogP contribution in [0.5, 0.6) is 0 Å². The number of rotatable bonds is 5. The first-order chi connectivity index (χ1) is 9.27. The second-order valence-electron chi connectivity index (χ2n) is 5.90. The number of amides is 2. The van der Waals surface area contributed by atoms with Crippen molar-refractivity contribution in [1.29, 1.82) is 0 Å². The third kappa shape index (κ3) is 4.37.